The van der Waals surface area contributed by atoms with E-state index >= 15 is 0 Å². The molecule has 7 nitrogen and oxygen atoms in total. The number of methoxy groups -OCH3 is 1. The molecule has 1 unspecified atom stereocenters. The van der Waals surface area contributed by atoms with Crippen molar-refractivity contribution in [2.75, 3.05) is 7.11 Å². The van der Waals surface area contributed by atoms with E-state index in [0.29, 0.717) is 11.1 Å². The minimum Gasteiger partial charge on any atom is -0.504 e. The van der Waals surface area contributed by atoms with Crippen molar-refractivity contribution < 1.29 is 34.3 Å². The van der Waals surface area contributed by atoms with E-state index in [1.165, 1.54) is 13.2 Å². The summed E-state index contributed by atoms with van der Waals surface area (Å²) in [4.78, 5) is 12.7. The first-order valence-corrected chi connectivity index (χ1v) is 8.89. The van der Waals surface area contributed by atoms with Crippen molar-refractivity contribution in [1.82, 2.24) is 0 Å². The van der Waals surface area contributed by atoms with Gasteiger partial charge >= 0.3 is 5.97 Å². The van der Waals surface area contributed by atoms with Gasteiger partial charge in [0.05, 0.1) is 18.8 Å². The Balaban J connectivity index is 2.12. The van der Waals surface area contributed by atoms with Gasteiger partial charge in [0.15, 0.2) is 11.5 Å². The van der Waals surface area contributed by atoms with Crippen molar-refractivity contribution in [3.05, 3.63) is 46.5 Å². The molecular weight excluding hydrogens is 364 g/mol. The summed E-state index contributed by atoms with van der Waals surface area (Å²) in [6.45, 7) is 4.89. The summed E-state index contributed by atoms with van der Waals surface area (Å²) < 4.78 is 16.6. The van der Waals surface area contributed by atoms with Gasteiger partial charge in [0.1, 0.15) is 23.7 Å². The van der Waals surface area contributed by atoms with Crippen LogP contribution >= 0.6 is 0 Å². The second-order valence-corrected chi connectivity index (χ2v) is 7.54. The number of rotatable bonds is 4. The van der Waals surface area contributed by atoms with Crippen LogP contribution in [0.5, 0.6) is 23.0 Å². The third-order valence-corrected chi connectivity index (χ3v) is 4.47. The molecule has 0 amide bonds. The normalized spacial score (nSPS) is 14.7. The second-order valence-electron chi connectivity index (χ2n) is 7.54. The minimum atomic E-state index is -1.12. The zero-order valence-electron chi connectivity index (χ0n) is 16.3. The smallest absolute Gasteiger partial charge is 0.346 e. The summed E-state index contributed by atoms with van der Waals surface area (Å²) in [6.07, 6.45) is -1.03. The minimum absolute atomic E-state index is 0.0143. The van der Waals surface area contributed by atoms with Crippen LogP contribution in [0.3, 0.4) is 0 Å². The number of phenols is 1. The highest BCUT2D eigenvalue weighted by molar-refractivity contribution is 5.96. The van der Waals surface area contributed by atoms with Crippen molar-refractivity contribution in [2.24, 2.45) is 0 Å². The number of aliphatic hydroxyl groups excluding tert-OH is 1. The molecule has 2 aromatic carbocycles. The molecule has 0 aliphatic carbocycles. The first kappa shape index (κ1) is 20.0. The van der Waals surface area contributed by atoms with Crippen LogP contribution < -0.4 is 9.47 Å². The summed E-state index contributed by atoms with van der Waals surface area (Å²) in [5.41, 5.74) is 0.577. The highest BCUT2D eigenvalue weighted by atomic mass is 16.5. The molecule has 1 atom stereocenters. The molecule has 28 heavy (non-hydrogen) atoms. The summed E-state index contributed by atoms with van der Waals surface area (Å²) in [6, 6.07) is 6.40. The number of hydrogen-bond acceptors (Lipinski definition) is 7. The lowest BCUT2D eigenvalue weighted by molar-refractivity contribution is 0.0171. The number of esters is 1. The van der Waals surface area contributed by atoms with E-state index in [2.05, 4.69) is 0 Å². The maximum Gasteiger partial charge on any atom is 0.346 e. The zero-order valence-corrected chi connectivity index (χ0v) is 16.3. The number of carbonyl (C=O) groups excluding carboxylic acids is 1. The molecule has 0 fully saturated rings. The van der Waals surface area contributed by atoms with Gasteiger partial charge in [-0.25, -0.2) is 4.79 Å². The van der Waals surface area contributed by atoms with Gasteiger partial charge in [-0.15, -0.1) is 0 Å². The number of aromatic hydroxyl groups is 1. The average molecular weight is 388 g/mol. The fourth-order valence-electron chi connectivity index (χ4n) is 3.30. The molecule has 3 rings (SSSR count). The summed E-state index contributed by atoms with van der Waals surface area (Å²) in [5.74, 6) is -0.290. The predicted octanol–water partition coefficient (Wildman–Crippen LogP) is 3.37. The first-order valence-electron chi connectivity index (χ1n) is 8.89. The Kier molecular flexibility index (Phi) is 5.23. The van der Waals surface area contributed by atoms with Crippen molar-refractivity contribution in [3.63, 3.8) is 0 Å². The monoisotopic (exact) mass is 388 g/mol. The summed E-state index contributed by atoms with van der Waals surface area (Å²) in [5, 5.41) is 30.8. The topological polar surface area (TPSA) is 105 Å². The van der Waals surface area contributed by atoms with E-state index in [9.17, 15) is 20.1 Å². The number of phenolic OH excluding ortho intramolecular Hbond substituents is 1. The van der Waals surface area contributed by atoms with E-state index in [1.54, 1.807) is 32.0 Å². The van der Waals surface area contributed by atoms with E-state index in [0.717, 1.165) is 5.56 Å². The number of carbonyl (C=O) groups is 1. The Morgan fingerprint density at radius 2 is 2.00 bits per heavy atom. The molecule has 1 heterocycles. The quantitative estimate of drug-likeness (QED) is 0.690. The molecule has 1 aliphatic heterocycles. The number of cyclic esters (lactones) is 1. The SMILES string of the molecule is COc1c(C(O)CC(C)(C)O)ccc2c1C(=O)OCc1cc(C)cc(O)c1O2. The van der Waals surface area contributed by atoms with Crippen molar-refractivity contribution in [3.8, 4) is 23.0 Å². The highest BCUT2D eigenvalue weighted by Crippen LogP contribution is 2.44. The van der Waals surface area contributed by atoms with Crippen LogP contribution in [0.15, 0.2) is 24.3 Å². The van der Waals surface area contributed by atoms with Crippen LogP contribution in [0.4, 0.5) is 0 Å². The van der Waals surface area contributed by atoms with Gasteiger partial charge in [0.25, 0.3) is 0 Å². The van der Waals surface area contributed by atoms with E-state index in [4.69, 9.17) is 14.2 Å². The van der Waals surface area contributed by atoms with E-state index in [-0.39, 0.29) is 41.6 Å². The zero-order chi connectivity index (χ0) is 20.6. The largest absolute Gasteiger partial charge is 0.504 e. The van der Waals surface area contributed by atoms with Gasteiger partial charge in [0, 0.05) is 17.5 Å². The fourth-order valence-corrected chi connectivity index (χ4v) is 3.30. The number of benzene rings is 2. The molecular formula is C21H24O7. The van der Waals surface area contributed by atoms with Crippen molar-refractivity contribution in [2.45, 2.75) is 45.5 Å². The highest BCUT2D eigenvalue weighted by Gasteiger charge is 2.31. The van der Waals surface area contributed by atoms with Crippen LogP contribution in [-0.2, 0) is 11.3 Å². The maximum atomic E-state index is 12.7. The van der Waals surface area contributed by atoms with Crippen LogP contribution in [0.1, 0.15) is 53.4 Å². The van der Waals surface area contributed by atoms with E-state index < -0.39 is 17.7 Å². The average Bonchev–Trinajstić information content (AvgIpc) is 2.58. The molecule has 0 spiro atoms. The third kappa shape index (κ3) is 3.90. The Labute approximate surface area is 163 Å². The Morgan fingerprint density at radius 1 is 1.29 bits per heavy atom. The van der Waals surface area contributed by atoms with E-state index in [1.807, 2.05) is 6.92 Å². The lowest BCUT2D eigenvalue weighted by atomic mass is 9.94. The molecule has 150 valence electrons. The molecule has 3 N–H and O–H groups in total. The lowest BCUT2D eigenvalue weighted by Gasteiger charge is -2.25. The summed E-state index contributed by atoms with van der Waals surface area (Å²) in [7, 11) is 1.37. The number of fused-ring (bicyclic) bond motifs is 2. The fraction of sp³-hybridized carbons (Fsp3) is 0.381. The molecule has 1 aliphatic rings. The first-order chi connectivity index (χ1) is 13.1. The van der Waals surface area contributed by atoms with Gasteiger partial charge in [-0.1, -0.05) is 0 Å². The predicted molar refractivity (Wildman–Crippen MR) is 101 cm³/mol. The van der Waals surface area contributed by atoms with Crippen LogP contribution in [0.2, 0.25) is 0 Å². The standard InChI is InChI=1S/C21H24O7/c1-11-7-12-10-27-20(24)17-16(28-18(12)14(22)8-11)6-5-13(19(17)26-4)15(23)9-21(2,3)25/h5-8,15,22-23,25H,9-10H2,1-4H3. The molecule has 0 saturated heterocycles. The van der Waals surface area contributed by atoms with Crippen LogP contribution in [0, 0.1) is 6.92 Å². The summed E-state index contributed by atoms with van der Waals surface area (Å²) >= 11 is 0. The number of aryl methyl sites for hydroxylation is 1. The lowest BCUT2D eigenvalue weighted by Crippen LogP contribution is -2.23. The number of hydrogen-bond donors (Lipinski definition) is 3. The van der Waals surface area contributed by atoms with Gasteiger partial charge in [0.2, 0.25) is 0 Å². The molecule has 0 radical (unpaired) electrons. The Hall–Kier alpha value is -2.77. The van der Waals surface area contributed by atoms with Crippen LogP contribution in [0.25, 0.3) is 0 Å². The molecule has 2 aromatic rings. The number of ether oxygens (including phenoxy) is 3. The Bertz CT molecular complexity index is 912. The van der Waals surface area contributed by atoms with Crippen molar-refractivity contribution >= 4 is 5.97 Å². The molecule has 0 saturated carbocycles. The second kappa shape index (κ2) is 7.33. The Morgan fingerprint density at radius 3 is 2.64 bits per heavy atom. The van der Waals surface area contributed by atoms with Gasteiger partial charge < -0.3 is 29.5 Å². The molecule has 0 aromatic heterocycles. The molecule has 0 bridgehead atoms. The molecule has 7 heteroatoms. The maximum absolute atomic E-state index is 12.7. The van der Waals surface area contributed by atoms with Gasteiger partial charge in [-0.2, -0.15) is 0 Å². The number of aliphatic hydroxyl groups is 2. The van der Waals surface area contributed by atoms with Gasteiger partial charge in [-0.05, 0) is 50.6 Å². The van der Waals surface area contributed by atoms with Crippen molar-refractivity contribution in [1.29, 1.82) is 0 Å². The third-order valence-electron chi connectivity index (χ3n) is 4.47. The van der Waals surface area contributed by atoms with Gasteiger partial charge in [-0.3, -0.25) is 0 Å². The van der Waals surface area contributed by atoms with Crippen LogP contribution in [-0.4, -0.2) is 34.0 Å².